The fourth-order valence-corrected chi connectivity index (χ4v) is 3.88. The van der Waals surface area contributed by atoms with E-state index in [9.17, 15) is 4.79 Å². The topological polar surface area (TPSA) is 63.9 Å². The molecule has 0 bridgehead atoms. The molecule has 7 heteroatoms. The predicted molar refractivity (Wildman–Crippen MR) is 99.2 cm³/mol. The fourth-order valence-electron chi connectivity index (χ4n) is 3.01. The van der Waals surface area contributed by atoms with Gasteiger partial charge in [0.15, 0.2) is 11.0 Å². The normalized spacial score (nSPS) is 15.5. The molecule has 0 aliphatic carbocycles. The Bertz CT molecular complexity index is 695. The van der Waals surface area contributed by atoms with E-state index in [0.29, 0.717) is 5.75 Å². The summed E-state index contributed by atoms with van der Waals surface area (Å²) in [5.74, 6) is 2.19. The highest BCUT2D eigenvalue weighted by Crippen LogP contribution is 2.25. The van der Waals surface area contributed by atoms with Crippen molar-refractivity contribution in [1.29, 1.82) is 0 Å². The molecule has 0 radical (unpaired) electrons. The zero-order chi connectivity index (χ0) is 17.6. The first-order valence-electron chi connectivity index (χ1n) is 8.93. The number of nitrogens with zero attached hydrogens (tertiary/aromatic N) is 5. The smallest absolute Gasteiger partial charge is 0.233 e. The van der Waals surface area contributed by atoms with Crippen LogP contribution in [0.2, 0.25) is 0 Å². The lowest BCUT2D eigenvalue weighted by Crippen LogP contribution is -2.38. The Labute approximate surface area is 153 Å². The predicted octanol–water partition coefficient (Wildman–Crippen LogP) is 3.10. The van der Waals surface area contributed by atoms with Gasteiger partial charge in [-0.25, -0.2) is 0 Å². The highest BCUT2D eigenvalue weighted by atomic mass is 32.2. The number of carbonyl (C=O) groups is 1. The molecule has 134 valence electrons. The van der Waals surface area contributed by atoms with E-state index in [-0.39, 0.29) is 5.91 Å². The number of rotatable bonds is 6. The monoisotopic (exact) mass is 359 g/mol. The van der Waals surface area contributed by atoms with E-state index in [1.54, 1.807) is 12.4 Å². The third-order valence-electron chi connectivity index (χ3n) is 4.56. The quantitative estimate of drug-likeness (QED) is 0.742. The molecule has 1 aliphatic rings. The summed E-state index contributed by atoms with van der Waals surface area (Å²) in [6, 6.07) is 3.87. The first kappa shape index (κ1) is 17.9. The SMILES string of the molecule is CCCn1c(SCC(=O)N2CCC(C)CC2)nnc1-c1ccncc1. The van der Waals surface area contributed by atoms with Gasteiger partial charge in [0.25, 0.3) is 0 Å². The van der Waals surface area contributed by atoms with Crippen LogP contribution in [0.5, 0.6) is 0 Å². The lowest BCUT2D eigenvalue weighted by atomic mass is 9.99. The molecule has 0 aromatic carbocycles. The molecule has 0 saturated carbocycles. The van der Waals surface area contributed by atoms with E-state index in [1.165, 1.54) is 11.8 Å². The van der Waals surface area contributed by atoms with Gasteiger partial charge in [0, 0.05) is 37.6 Å². The summed E-state index contributed by atoms with van der Waals surface area (Å²) in [5, 5.41) is 9.48. The maximum atomic E-state index is 12.5. The second-order valence-electron chi connectivity index (χ2n) is 6.55. The van der Waals surface area contributed by atoms with Crippen LogP contribution in [0, 0.1) is 5.92 Å². The summed E-state index contributed by atoms with van der Waals surface area (Å²) in [6.07, 6.45) is 6.72. The first-order valence-corrected chi connectivity index (χ1v) is 9.91. The van der Waals surface area contributed by atoms with E-state index < -0.39 is 0 Å². The summed E-state index contributed by atoms with van der Waals surface area (Å²) in [4.78, 5) is 18.5. The van der Waals surface area contributed by atoms with Gasteiger partial charge in [-0.2, -0.15) is 0 Å². The van der Waals surface area contributed by atoms with Crippen molar-refractivity contribution in [3.63, 3.8) is 0 Å². The van der Waals surface area contributed by atoms with Gasteiger partial charge in [-0.05, 0) is 37.3 Å². The summed E-state index contributed by atoms with van der Waals surface area (Å²) in [5.41, 5.74) is 0.999. The van der Waals surface area contributed by atoms with Crippen molar-refractivity contribution < 1.29 is 4.79 Å². The number of hydrogen-bond donors (Lipinski definition) is 0. The molecular formula is C18H25N5OS. The Balaban J connectivity index is 1.68. The zero-order valence-corrected chi connectivity index (χ0v) is 15.7. The minimum atomic E-state index is 0.202. The summed E-state index contributed by atoms with van der Waals surface area (Å²) in [7, 11) is 0. The van der Waals surface area contributed by atoms with Crippen LogP contribution in [0.1, 0.15) is 33.1 Å². The van der Waals surface area contributed by atoms with E-state index in [2.05, 4.69) is 33.6 Å². The van der Waals surface area contributed by atoms with Crippen LogP contribution in [0.4, 0.5) is 0 Å². The minimum absolute atomic E-state index is 0.202. The van der Waals surface area contributed by atoms with Crippen molar-refractivity contribution in [2.75, 3.05) is 18.8 Å². The van der Waals surface area contributed by atoms with Gasteiger partial charge in [-0.1, -0.05) is 25.6 Å². The molecular weight excluding hydrogens is 334 g/mol. The molecule has 3 rings (SSSR count). The Hall–Kier alpha value is -1.89. The zero-order valence-electron chi connectivity index (χ0n) is 14.9. The van der Waals surface area contributed by atoms with Crippen LogP contribution in [0.3, 0.4) is 0 Å². The molecule has 0 atom stereocenters. The average molecular weight is 359 g/mol. The standard InChI is InChI=1S/C18H25N5OS/c1-3-10-23-17(15-4-8-19-9-5-15)20-21-18(23)25-13-16(24)22-11-6-14(2)7-12-22/h4-5,8-9,14H,3,6-7,10-13H2,1-2H3. The molecule has 25 heavy (non-hydrogen) atoms. The number of hydrogen-bond acceptors (Lipinski definition) is 5. The molecule has 1 fully saturated rings. The summed E-state index contributed by atoms with van der Waals surface area (Å²) < 4.78 is 2.10. The molecule has 0 unspecified atom stereocenters. The van der Waals surface area contributed by atoms with Crippen LogP contribution >= 0.6 is 11.8 Å². The average Bonchev–Trinajstić information content (AvgIpc) is 3.04. The Morgan fingerprint density at radius 1 is 1.24 bits per heavy atom. The van der Waals surface area contributed by atoms with Crippen LogP contribution in [-0.2, 0) is 11.3 Å². The highest BCUT2D eigenvalue weighted by molar-refractivity contribution is 7.99. The number of thioether (sulfide) groups is 1. The van der Waals surface area contributed by atoms with Crippen molar-refractivity contribution in [2.45, 2.75) is 44.8 Å². The fraction of sp³-hybridized carbons (Fsp3) is 0.556. The third kappa shape index (κ3) is 4.39. The van der Waals surface area contributed by atoms with Crippen LogP contribution in [-0.4, -0.2) is 49.4 Å². The molecule has 2 aromatic heterocycles. The van der Waals surface area contributed by atoms with Crippen LogP contribution in [0.25, 0.3) is 11.4 Å². The molecule has 6 nitrogen and oxygen atoms in total. The number of carbonyl (C=O) groups excluding carboxylic acids is 1. The highest BCUT2D eigenvalue weighted by Gasteiger charge is 2.21. The molecule has 1 aliphatic heterocycles. The van der Waals surface area contributed by atoms with Gasteiger partial charge >= 0.3 is 0 Å². The van der Waals surface area contributed by atoms with E-state index >= 15 is 0 Å². The second kappa shape index (κ2) is 8.47. The largest absolute Gasteiger partial charge is 0.342 e. The Morgan fingerprint density at radius 2 is 1.96 bits per heavy atom. The number of piperidine rings is 1. The van der Waals surface area contributed by atoms with Gasteiger partial charge in [0.1, 0.15) is 0 Å². The summed E-state index contributed by atoms with van der Waals surface area (Å²) in [6.45, 7) is 6.98. The number of aromatic nitrogens is 4. The third-order valence-corrected chi connectivity index (χ3v) is 5.52. The van der Waals surface area contributed by atoms with Crippen molar-refractivity contribution >= 4 is 17.7 Å². The van der Waals surface area contributed by atoms with Crippen LogP contribution < -0.4 is 0 Å². The first-order chi connectivity index (χ1) is 12.2. The molecule has 1 saturated heterocycles. The maximum absolute atomic E-state index is 12.5. The van der Waals surface area contributed by atoms with Crippen molar-refractivity contribution in [1.82, 2.24) is 24.6 Å². The molecule has 3 heterocycles. The molecule has 2 aromatic rings. The Kier molecular flexibility index (Phi) is 6.07. The van der Waals surface area contributed by atoms with Gasteiger partial charge in [-0.3, -0.25) is 9.78 Å². The van der Waals surface area contributed by atoms with Crippen molar-refractivity contribution in [3.05, 3.63) is 24.5 Å². The summed E-state index contributed by atoms with van der Waals surface area (Å²) >= 11 is 1.49. The number of likely N-dealkylation sites (tertiary alicyclic amines) is 1. The lowest BCUT2D eigenvalue weighted by Gasteiger charge is -2.30. The maximum Gasteiger partial charge on any atom is 0.233 e. The molecule has 0 spiro atoms. The van der Waals surface area contributed by atoms with E-state index in [0.717, 1.165) is 61.4 Å². The van der Waals surface area contributed by atoms with Gasteiger partial charge in [-0.15, -0.1) is 10.2 Å². The molecule has 1 amide bonds. The second-order valence-corrected chi connectivity index (χ2v) is 7.49. The van der Waals surface area contributed by atoms with Crippen molar-refractivity contribution in [2.24, 2.45) is 5.92 Å². The Morgan fingerprint density at radius 3 is 2.64 bits per heavy atom. The number of amides is 1. The van der Waals surface area contributed by atoms with Crippen LogP contribution in [0.15, 0.2) is 29.7 Å². The lowest BCUT2D eigenvalue weighted by molar-refractivity contribution is -0.129. The molecule has 0 N–H and O–H groups in total. The number of pyridine rings is 1. The van der Waals surface area contributed by atoms with E-state index in [1.807, 2.05) is 17.0 Å². The van der Waals surface area contributed by atoms with E-state index in [4.69, 9.17) is 0 Å². The van der Waals surface area contributed by atoms with Gasteiger partial charge < -0.3 is 9.47 Å². The minimum Gasteiger partial charge on any atom is -0.342 e. The van der Waals surface area contributed by atoms with Gasteiger partial charge in [0.2, 0.25) is 5.91 Å². The van der Waals surface area contributed by atoms with Crippen molar-refractivity contribution in [3.8, 4) is 11.4 Å². The van der Waals surface area contributed by atoms with Gasteiger partial charge in [0.05, 0.1) is 5.75 Å².